The average molecular weight is 1260 g/mol. The van der Waals surface area contributed by atoms with E-state index in [0.717, 1.165) is 6.92 Å². The van der Waals surface area contributed by atoms with Gasteiger partial charge in [-0.15, -0.1) is 0 Å². The molecule has 478 valence electrons. The summed E-state index contributed by atoms with van der Waals surface area (Å²) in [7, 11) is 0. The Kier molecular flexibility index (Phi) is 30.7. The van der Waals surface area contributed by atoms with Gasteiger partial charge in [-0.05, 0) is 86.7 Å². The van der Waals surface area contributed by atoms with Crippen molar-refractivity contribution < 1.29 is 77.6 Å². The van der Waals surface area contributed by atoms with Gasteiger partial charge in [-0.1, -0.05) is 62.4 Å². The van der Waals surface area contributed by atoms with E-state index in [1.165, 1.54) is 30.4 Å². The molecule has 0 unspecified atom stereocenters. The predicted octanol–water partition coefficient (Wildman–Crippen LogP) is -2.70. The smallest absolute Gasteiger partial charge is 0.325 e. The lowest BCUT2D eigenvalue weighted by Crippen LogP contribution is -2.62. The second-order valence-electron chi connectivity index (χ2n) is 20.9. The van der Waals surface area contributed by atoms with Crippen molar-refractivity contribution in [2.75, 3.05) is 24.0 Å². The minimum Gasteiger partial charge on any atom is -0.481 e. The van der Waals surface area contributed by atoms with Crippen LogP contribution in [0.25, 0.3) is 10.9 Å². The summed E-state index contributed by atoms with van der Waals surface area (Å²) < 4.78 is 0. The van der Waals surface area contributed by atoms with Crippen LogP contribution in [0.5, 0.6) is 0 Å². The number of aliphatic carboxylic acids is 2. The van der Waals surface area contributed by atoms with Crippen LogP contribution in [0.4, 0.5) is 0 Å². The normalized spacial score (nSPS) is 15.0. The van der Waals surface area contributed by atoms with Crippen LogP contribution in [0.15, 0.2) is 60.8 Å². The van der Waals surface area contributed by atoms with Gasteiger partial charge < -0.3 is 85.4 Å². The number of thioether (sulfide) groups is 2. The average Bonchev–Trinajstić information content (AvgIpc) is 3.59. The third kappa shape index (κ3) is 24.9. The number of hydrogen-bond donors (Lipinski definition) is 16. The minimum atomic E-state index is -1.93. The first-order valence-electron chi connectivity index (χ1n) is 27.8. The van der Waals surface area contributed by atoms with E-state index in [1.54, 1.807) is 87.2 Å². The van der Waals surface area contributed by atoms with E-state index in [-0.39, 0.29) is 25.7 Å². The molecule has 3 rings (SSSR count). The number of carboxylic acid groups (broad SMARTS) is 2. The Hall–Kier alpha value is -8.29. The second-order valence-corrected chi connectivity index (χ2v) is 22.9. The topological polar surface area (TPSA) is 485 Å². The van der Waals surface area contributed by atoms with Crippen molar-refractivity contribution >= 4 is 111 Å². The van der Waals surface area contributed by atoms with Crippen LogP contribution in [-0.2, 0) is 75.2 Å². The molecule has 0 bridgehead atoms. The molecule has 1 aromatic heterocycles. The molecule has 11 amide bonds. The Labute approximate surface area is 510 Å². The SMILES string of the molecule is CSCC[C@H](NC(=O)[C@H](Cc1ccccc1)NC(=O)[C@H](CCSC)NC(=O)[C@@H](NC(=O)[C@H](CCC(=O)O)NC(=O)[C@@H](NC(=O)[C@H](Cc1c[nH]c2ccccc12)NC(=O)[C@H](CCC(N)=O)NC(=O)[C@@H](N)CC(N)=O)[C@@H](C)O)C(C)C)C(=O)N[C@@H](C)C(=O)O. The van der Waals surface area contributed by atoms with E-state index in [4.69, 9.17) is 17.2 Å². The summed E-state index contributed by atoms with van der Waals surface area (Å²) in [6.07, 6.45) is 0.278. The van der Waals surface area contributed by atoms with Crippen molar-refractivity contribution in [1.29, 1.82) is 0 Å². The number of aliphatic hydroxyl groups excluding tert-OH is 1. The third-order valence-electron chi connectivity index (χ3n) is 13.5. The fourth-order valence-electron chi connectivity index (χ4n) is 8.64. The van der Waals surface area contributed by atoms with Gasteiger partial charge in [-0.3, -0.25) is 62.3 Å². The summed E-state index contributed by atoms with van der Waals surface area (Å²) in [5.74, 6) is -13.3. The largest absolute Gasteiger partial charge is 0.481 e. The number of aromatic nitrogens is 1. The maximum absolute atomic E-state index is 14.4. The molecule has 0 saturated carbocycles. The lowest BCUT2D eigenvalue weighted by atomic mass is 10.0. The summed E-state index contributed by atoms with van der Waals surface area (Å²) in [5, 5.41) is 53.2. The number of hydrogen-bond acceptors (Lipinski definition) is 17. The van der Waals surface area contributed by atoms with Crippen LogP contribution < -0.4 is 65.1 Å². The molecule has 29 nitrogen and oxygen atoms in total. The zero-order valence-electron chi connectivity index (χ0n) is 49.2. The number of para-hydroxylation sites is 1. The highest BCUT2D eigenvalue weighted by Gasteiger charge is 2.38. The number of nitrogens with two attached hydrogens (primary N) is 3. The van der Waals surface area contributed by atoms with E-state index in [2.05, 4.69) is 52.8 Å². The number of carbonyl (C=O) groups excluding carboxylic acids is 11. The molecule has 3 aromatic rings. The van der Waals surface area contributed by atoms with Crippen molar-refractivity contribution in [3.63, 3.8) is 0 Å². The lowest BCUT2D eigenvalue weighted by molar-refractivity contribution is -0.142. The number of primary amides is 2. The van der Waals surface area contributed by atoms with E-state index in [1.807, 2.05) is 0 Å². The molecule has 19 N–H and O–H groups in total. The molecular formula is C56H81N13O16S2. The molecule has 0 aliphatic rings. The number of carboxylic acids is 2. The first-order chi connectivity index (χ1) is 41.1. The Morgan fingerprint density at radius 3 is 1.46 bits per heavy atom. The maximum Gasteiger partial charge on any atom is 0.325 e. The van der Waals surface area contributed by atoms with E-state index >= 15 is 0 Å². The highest BCUT2D eigenvalue weighted by molar-refractivity contribution is 7.98. The van der Waals surface area contributed by atoms with Gasteiger partial charge in [0.05, 0.1) is 18.6 Å². The van der Waals surface area contributed by atoms with Crippen LogP contribution in [-0.4, -0.2) is 188 Å². The molecule has 31 heteroatoms. The van der Waals surface area contributed by atoms with E-state index in [0.29, 0.717) is 33.5 Å². The van der Waals surface area contributed by atoms with Gasteiger partial charge in [0.15, 0.2) is 0 Å². The van der Waals surface area contributed by atoms with Crippen LogP contribution >= 0.6 is 23.5 Å². The number of amides is 11. The van der Waals surface area contributed by atoms with Crippen molar-refractivity contribution in [3.05, 3.63) is 71.9 Å². The Morgan fingerprint density at radius 2 is 0.943 bits per heavy atom. The molecule has 11 atom stereocenters. The number of fused-ring (bicyclic) bond motifs is 1. The van der Waals surface area contributed by atoms with Gasteiger partial charge in [-0.25, -0.2) is 0 Å². The number of H-pyrrole nitrogens is 1. The predicted molar refractivity (Wildman–Crippen MR) is 322 cm³/mol. The van der Waals surface area contributed by atoms with Crippen LogP contribution in [0.3, 0.4) is 0 Å². The van der Waals surface area contributed by atoms with E-state index in [9.17, 15) is 77.6 Å². The lowest BCUT2D eigenvalue weighted by Gasteiger charge is -2.29. The molecule has 0 aliphatic heterocycles. The van der Waals surface area contributed by atoms with Gasteiger partial charge in [0.25, 0.3) is 0 Å². The molecule has 0 fully saturated rings. The van der Waals surface area contributed by atoms with Crippen molar-refractivity contribution in [3.8, 4) is 0 Å². The zero-order valence-corrected chi connectivity index (χ0v) is 50.8. The maximum atomic E-state index is 14.4. The first kappa shape index (κ1) is 73.0. The highest BCUT2D eigenvalue weighted by atomic mass is 32.2. The molecule has 87 heavy (non-hydrogen) atoms. The molecule has 2 aromatic carbocycles. The summed E-state index contributed by atoms with van der Waals surface area (Å²) in [6, 6.07) is 0.396. The van der Waals surface area contributed by atoms with Gasteiger partial charge in [0.2, 0.25) is 65.0 Å². The summed E-state index contributed by atoms with van der Waals surface area (Å²) >= 11 is 2.70. The number of aliphatic hydroxyl groups is 1. The van der Waals surface area contributed by atoms with Crippen LogP contribution in [0, 0.1) is 5.92 Å². The van der Waals surface area contributed by atoms with E-state index < -0.39 is 181 Å². The second kappa shape index (κ2) is 36.6. The Balaban J connectivity index is 1.94. The standard InChI is InChI=1S/C56H81N13O16S2/c1-28(2)45(54(82)65-39(21-23-87-6)50(78)66-40(24-31-12-8-7-9-13-31)52(80)63-38(20-22-86-5)48(76)61-29(3)56(84)85)68-51(79)37(17-19-44(73)74)64-55(83)46(30(4)70)69-53(81)41(25-32-27-60-35-15-11-10-14-33(32)35)67-49(77)36(16-18-42(58)71)62-47(75)34(57)26-43(59)72/h7-15,27-30,34,36-41,45-46,60,70H,16-26,57H2,1-6H3,(H2,58,71)(H2,59,72)(H,61,76)(H,62,75)(H,63,80)(H,64,83)(H,65,82)(H,66,78)(H,67,77)(H,68,79)(H,69,81)(H,73,74)(H,84,85)/t29-,30+,34-,36-,37-,38-,39-,40-,41-,45-,46-/m0/s1. The van der Waals surface area contributed by atoms with Gasteiger partial charge in [0, 0.05) is 42.8 Å². The Bertz CT molecular complexity index is 2900. The summed E-state index contributed by atoms with van der Waals surface area (Å²) in [4.78, 5) is 176. The number of nitrogens with one attached hydrogen (secondary N) is 10. The van der Waals surface area contributed by atoms with Gasteiger partial charge in [-0.2, -0.15) is 23.5 Å². The van der Waals surface area contributed by atoms with Crippen LogP contribution in [0.2, 0.25) is 0 Å². The fraction of sp³-hybridized carbons (Fsp3) is 0.518. The molecule has 1 heterocycles. The monoisotopic (exact) mass is 1260 g/mol. The Morgan fingerprint density at radius 1 is 0.506 bits per heavy atom. The number of aromatic amines is 1. The number of carbonyl (C=O) groups is 13. The number of rotatable bonds is 39. The van der Waals surface area contributed by atoms with Crippen molar-refractivity contribution in [1.82, 2.24) is 52.8 Å². The molecule has 0 spiro atoms. The summed E-state index contributed by atoms with van der Waals surface area (Å²) in [6.45, 7) is 5.46. The van der Waals surface area contributed by atoms with Crippen molar-refractivity contribution in [2.45, 2.75) is 152 Å². The summed E-state index contributed by atoms with van der Waals surface area (Å²) in [5.41, 5.74) is 18.0. The molecule has 0 saturated heterocycles. The molecule has 0 aliphatic carbocycles. The van der Waals surface area contributed by atoms with Crippen LogP contribution in [0.1, 0.15) is 83.8 Å². The molecule has 0 radical (unpaired) electrons. The highest BCUT2D eigenvalue weighted by Crippen LogP contribution is 2.20. The fourth-order valence-corrected chi connectivity index (χ4v) is 9.58. The zero-order chi connectivity index (χ0) is 65.1. The van der Waals surface area contributed by atoms with Gasteiger partial charge >= 0.3 is 11.9 Å². The minimum absolute atomic E-state index is 0.00136. The quantitative estimate of drug-likeness (QED) is 0.0276. The molecular weight excluding hydrogens is 1170 g/mol. The first-order valence-corrected chi connectivity index (χ1v) is 30.6. The van der Waals surface area contributed by atoms with Crippen molar-refractivity contribution in [2.24, 2.45) is 23.1 Å². The third-order valence-corrected chi connectivity index (χ3v) is 14.8. The number of benzene rings is 2. The van der Waals surface area contributed by atoms with Gasteiger partial charge in [0.1, 0.15) is 54.4 Å².